The van der Waals surface area contributed by atoms with Gasteiger partial charge in [0.15, 0.2) is 5.58 Å². The van der Waals surface area contributed by atoms with Crippen molar-refractivity contribution in [2.75, 3.05) is 31.1 Å². The number of primary amides is 1. The van der Waals surface area contributed by atoms with E-state index < -0.39 is 5.91 Å². The largest absolute Gasteiger partial charge is 0.439 e. The Labute approximate surface area is 154 Å². The van der Waals surface area contributed by atoms with Gasteiger partial charge in [0, 0.05) is 32.2 Å². The third-order valence-electron chi connectivity index (χ3n) is 4.69. The minimum absolute atomic E-state index is 0.343. The summed E-state index contributed by atoms with van der Waals surface area (Å²) >= 11 is 0. The lowest BCUT2D eigenvalue weighted by molar-refractivity contribution is 0.0999. The van der Waals surface area contributed by atoms with E-state index in [0.717, 1.165) is 13.1 Å². The summed E-state index contributed by atoms with van der Waals surface area (Å²) in [6.45, 7) is 5.15. The molecule has 9 heteroatoms. The van der Waals surface area contributed by atoms with Crippen LogP contribution in [-0.4, -0.2) is 51.9 Å². The molecule has 4 rings (SSSR count). The number of fused-ring (bicyclic) bond motifs is 1. The van der Waals surface area contributed by atoms with Crippen molar-refractivity contribution >= 4 is 22.8 Å². The lowest BCUT2D eigenvalue weighted by Crippen LogP contribution is -2.47. The number of oxazole rings is 1. The molecule has 1 aromatic carbocycles. The van der Waals surface area contributed by atoms with Crippen molar-refractivity contribution in [1.29, 1.82) is 0 Å². The second-order valence-electron chi connectivity index (χ2n) is 6.50. The summed E-state index contributed by atoms with van der Waals surface area (Å²) in [6.07, 6.45) is 1.45. The Morgan fingerprint density at radius 1 is 1.26 bits per heavy atom. The number of piperazine rings is 1. The maximum atomic E-state index is 13.3. The molecule has 0 atom stereocenters. The lowest BCUT2D eigenvalue weighted by Gasteiger charge is -2.35. The molecule has 0 bridgehead atoms. The summed E-state index contributed by atoms with van der Waals surface area (Å²) in [5, 5.41) is 0. The zero-order chi connectivity index (χ0) is 19.0. The summed E-state index contributed by atoms with van der Waals surface area (Å²) in [7, 11) is 0. The molecule has 1 amide bonds. The molecule has 1 aliphatic heterocycles. The highest BCUT2D eigenvalue weighted by Gasteiger charge is 2.24. The van der Waals surface area contributed by atoms with Crippen LogP contribution in [-0.2, 0) is 6.54 Å². The summed E-state index contributed by atoms with van der Waals surface area (Å²) in [5.41, 5.74) is 7.54. The van der Waals surface area contributed by atoms with Crippen LogP contribution in [0.15, 0.2) is 28.9 Å². The van der Waals surface area contributed by atoms with E-state index in [1.165, 1.54) is 18.5 Å². The zero-order valence-corrected chi connectivity index (χ0v) is 14.9. The van der Waals surface area contributed by atoms with Gasteiger partial charge in [-0.2, -0.15) is 0 Å². The van der Waals surface area contributed by atoms with Gasteiger partial charge >= 0.3 is 0 Å². The van der Waals surface area contributed by atoms with Gasteiger partial charge in [-0.05, 0) is 19.1 Å². The van der Waals surface area contributed by atoms with Crippen LogP contribution >= 0.6 is 0 Å². The minimum atomic E-state index is -0.524. The number of halogens is 1. The van der Waals surface area contributed by atoms with Crippen molar-refractivity contribution in [2.24, 2.45) is 5.73 Å². The molecule has 0 saturated carbocycles. The molecule has 2 N–H and O–H groups in total. The molecule has 0 radical (unpaired) electrons. The number of hydrogen-bond donors (Lipinski definition) is 1. The summed E-state index contributed by atoms with van der Waals surface area (Å²) < 4.78 is 18.9. The standard InChI is InChI=1S/C18H19FN6O2/c1-11-16(17(20)26)18(22-10-21-11)25-6-4-24(5-7-25)9-15-23-13-3-2-12(19)8-14(13)27-15/h2-3,8,10H,4-7,9H2,1H3,(H2,20,26). The van der Waals surface area contributed by atoms with Crippen molar-refractivity contribution < 1.29 is 13.6 Å². The van der Waals surface area contributed by atoms with Crippen LogP contribution in [0.25, 0.3) is 11.1 Å². The van der Waals surface area contributed by atoms with Gasteiger partial charge in [0.05, 0.1) is 12.2 Å². The molecule has 2 aromatic heterocycles. The first-order valence-corrected chi connectivity index (χ1v) is 8.65. The van der Waals surface area contributed by atoms with Crippen LogP contribution in [0, 0.1) is 12.7 Å². The van der Waals surface area contributed by atoms with Gasteiger partial charge in [-0.1, -0.05) is 0 Å². The molecule has 1 aliphatic rings. The molecule has 1 saturated heterocycles. The van der Waals surface area contributed by atoms with E-state index >= 15 is 0 Å². The Morgan fingerprint density at radius 2 is 2.04 bits per heavy atom. The third-order valence-corrected chi connectivity index (χ3v) is 4.69. The summed E-state index contributed by atoms with van der Waals surface area (Å²) in [6, 6.07) is 4.32. The topological polar surface area (TPSA) is 101 Å². The maximum absolute atomic E-state index is 13.3. The average Bonchev–Trinajstić information content (AvgIpc) is 3.03. The Hall–Kier alpha value is -3.07. The fourth-order valence-electron chi connectivity index (χ4n) is 3.31. The van der Waals surface area contributed by atoms with Gasteiger partial charge in [-0.15, -0.1) is 0 Å². The van der Waals surface area contributed by atoms with Crippen LogP contribution in [0.2, 0.25) is 0 Å². The number of hydrogen-bond acceptors (Lipinski definition) is 7. The molecule has 27 heavy (non-hydrogen) atoms. The van der Waals surface area contributed by atoms with E-state index in [-0.39, 0.29) is 5.82 Å². The summed E-state index contributed by atoms with van der Waals surface area (Å²) in [5.74, 6) is 0.264. The number of aromatic nitrogens is 3. The molecule has 8 nitrogen and oxygen atoms in total. The quantitative estimate of drug-likeness (QED) is 0.742. The maximum Gasteiger partial charge on any atom is 0.254 e. The van der Waals surface area contributed by atoms with E-state index in [2.05, 4.69) is 19.9 Å². The van der Waals surface area contributed by atoms with Gasteiger partial charge in [0.25, 0.3) is 5.91 Å². The van der Waals surface area contributed by atoms with Crippen LogP contribution in [0.3, 0.4) is 0 Å². The van der Waals surface area contributed by atoms with Crippen molar-refractivity contribution in [3.8, 4) is 0 Å². The number of benzene rings is 1. The van der Waals surface area contributed by atoms with E-state index in [1.54, 1.807) is 13.0 Å². The molecule has 3 aromatic rings. The molecule has 0 unspecified atom stereocenters. The van der Waals surface area contributed by atoms with E-state index in [4.69, 9.17) is 10.2 Å². The molecular formula is C18H19FN6O2. The average molecular weight is 370 g/mol. The Morgan fingerprint density at radius 3 is 2.78 bits per heavy atom. The fourth-order valence-corrected chi connectivity index (χ4v) is 3.31. The van der Waals surface area contributed by atoms with Gasteiger partial charge in [-0.3, -0.25) is 9.69 Å². The number of rotatable bonds is 4. The first-order valence-electron chi connectivity index (χ1n) is 8.65. The highest BCUT2D eigenvalue weighted by molar-refractivity contribution is 5.98. The van der Waals surface area contributed by atoms with Crippen molar-refractivity contribution in [3.63, 3.8) is 0 Å². The summed E-state index contributed by atoms with van der Waals surface area (Å²) in [4.78, 5) is 28.7. The van der Waals surface area contributed by atoms with Gasteiger partial charge < -0.3 is 15.1 Å². The Balaban J connectivity index is 1.44. The Kier molecular flexibility index (Phi) is 4.44. The molecule has 140 valence electrons. The van der Waals surface area contributed by atoms with E-state index in [0.29, 0.717) is 53.7 Å². The zero-order valence-electron chi connectivity index (χ0n) is 14.9. The molecule has 1 fully saturated rings. The first-order chi connectivity index (χ1) is 13.0. The van der Waals surface area contributed by atoms with Gasteiger partial charge in [0.1, 0.15) is 29.0 Å². The molecule has 3 heterocycles. The molecular weight excluding hydrogens is 351 g/mol. The van der Waals surface area contributed by atoms with Crippen LogP contribution in [0.1, 0.15) is 21.9 Å². The Bertz CT molecular complexity index is 997. The monoisotopic (exact) mass is 370 g/mol. The minimum Gasteiger partial charge on any atom is -0.439 e. The van der Waals surface area contributed by atoms with Crippen molar-refractivity contribution in [2.45, 2.75) is 13.5 Å². The van der Waals surface area contributed by atoms with E-state index in [1.807, 2.05) is 4.90 Å². The highest BCUT2D eigenvalue weighted by Crippen LogP contribution is 2.22. The van der Waals surface area contributed by atoms with Crippen LogP contribution in [0.4, 0.5) is 10.2 Å². The number of carbonyl (C=O) groups is 1. The lowest BCUT2D eigenvalue weighted by atomic mass is 10.2. The second kappa shape index (κ2) is 6.92. The van der Waals surface area contributed by atoms with Crippen LogP contribution < -0.4 is 10.6 Å². The number of amides is 1. The smallest absolute Gasteiger partial charge is 0.254 e. The normalized spacial score (nSPS) is 15.4. The fraction of sp³-hybridized carbons (Fsp3) is 0.333. The third kappa shape index (κ3) is 3.45. The molecule has 0 aliphatic carbocycles. The number of aryl methyl sites for hydroxylation is 1. The predicted octanol–water partition coefficient (Wildman–Crippen LogP) is 1.49. The van der Waals surface area contributed by atoms with Crippen molar-refractivity contribution in [3.05, 3.63) is 47.5 Å². The number of anilines is 1. The number of nitrogens with two attached hydrogens (primary N) is 1. The highest BCUT2D eigenvalue weighted by atomic mass is 19.1. The van der Waals surface area contributed by atoms with Gasteiger partial charge in [0.2, 0.25) is 5.89 Å². The van der Waals surface area contributed by atoms with Crippen molar-refractivity contribution in [1.82, 2.24) is 19.9 Å². The predicted molar refractivity (Wildman–Crippen MR) is 96.7 cm³/mol. The SMILES string of the molecule is Cc1ncnc(N2CCN(Cc3nc4ccc(F)cc4o3)CC2)c1C(N)=O. The van der Waals surface area contributed by atoms with Crippen LogP contribution in [0.5, 0.6) is 0 Å². The second-order valence-corrected chi connectivity index (χ2v) is 6.50. The van der Waals surface area contributed by atoms with Gasteiger partial charge in [-0.25, -0.2) is 19.3 Å². The first kappa shape index (κ1) is 17.3. The van der Waals surface area contributed by atoms with E-state index in [9.17, 15) is 9.18 Å². The molecule has 0 spiro atoms. The number of nitrogens with zero attached hydrogens (tertiary/aromatic N) is 5. The number of carbonyl (C=O) groups excluding carboxylic acids is 1.